The molecule has 0 fully saturated rings. The average molecular weight is 229 g/mol. The molecular formula is C13H15N3O. The van der Waals surface area contributed by atoms with Crippen molar-refractivity contribution in [3.8, 4) is 5.75 Å². The van der Waals surface area contributed by atoms with E-state index >= 15 is 0 Å². The van der Waals surface area contributed by atoms with E-state index in [0.717, 1.165) is 18.8 Å². The topological polar surface area (TPSA) is 39.1 Å². The number of hydrogen-bond donors (Lipinski definition) is 1. The Morgan fingerprint density at radius 2 is 2.35 bits per heavy atom. The molecular weight excluding hydrogens is 214 g/mol. The number of benzene rings is 1. The lowest BCUT2D eigenvalue weighted by Crippen LogP contribution is -2.35. The highest BCUT2D eigenvalue weighted by Crippen LogP contribution is 2.20. The second-order valence-corrected chi connectivity index (χ2v) is 4.26. The van der Waals surface area contributed by atoms with Gasteiger partial charge >= 0.3 is 0 Å². The maximum Gasteiger partial charge on any atom is 0.123 e. The molecule has 1 aliphatic heterocycles. The van der Waals surface area contributed by atoms with Crippen molar-refractivity contribution in [2.45, 2.75) is 19.1 Å². The number of ether oxygens (including phenoxy) is 1. The van der Waals surface area contributed by atoms with Crippen LogP contribution in [0.25, 0.3) is 0 Å². The fourth-order valence-corrected chi connectivity index (χ4v) is 2.06. The first-order chi connectivity index (χ1) is 8.42. The standard InChI is InChI=1S/C13H15N3O/c1-2-4-13-11(3-1)7-15-12(9-17-13)8-16-6-5-14-10-16/h1-6,10,12,15H,7-9H2/t12-/m1/s1. The third-order valence-corrected chi connectivity index (χ3v) is 2.98. The zero-order chi connectivity index (χ0) is 11.5. The zero-order valence-corrected chi connectivity index (χ0v) is 9.54. The van der Waals surface area contributed by atoms with Crippen LogP contribution in [0.3, 0.4) is 0 Å². The molecule has 0 bridgehead atoms. The Labute approximate surface area is 100 Å². The van der Waals surface area contributed by atoms with E-state index in [-0.39, 0.29) is 0 Å². The molecule has 0 amide bonds. The van der Waals surface area contributed by atoms with Crippen molar-refractivity contribution >= 4 is 0 Å². The fraction of sp³-hybridized carbons (Fsp3) is 0.308. The molecule has 88 valence electrons. The van der Waals surface area contributed by atoms with Gasteiger partial charge in [-0.15, -0.1) is 0 Å². The fourth-order valence-electron chi connectivity index (χ4n) is 2.06. The number of fused-ring (bicyclic) bond motifs is 1. The molecule has 4 heteroatoms. The summed E-state index contributed by atoms with van der Waals surface area (Å²) in [6, 6.07) is 8.49. The monoisotopic (exact) mass is 229 g/mol. The van der Waals surface area contributed by atoms with E-state index in [9.17, 15) is 0 Å². The largest absolute Gasteiger partial charge is 0.492 e. The normalized spacial score (nSPS) is 19.2. The summed E-state index contributed by atoms with van der Waals surface area (Å²) in [5.41, 5.74) is 1.22. The molecule has 0 saturated heterocycles. The highest BCUT2D eigenvalue weighted by molar-refractivity contribution is 5.33. The lowest BCUT2D eigenvalue weighted by atomic mass is 10.2. The third kappa shape index (κ3) is 2.31. The van der Waals surface area contributed by atoms with Crippen molar-refractivity contribution in [2.24, 2.45) is 0 Å². The van der Waals surface area contributed by atoms with Crippen LogP contribution in [0.15, 0.2) is 43.0 Å². The van der Waals surface area contributed by atoms with Crippen LogP contribution in [0.5, 0.6) is 5.75 Å². The number of nitrogens with zero attached hydrogens (tertiary/aromatic N) is 2. The van der Waals surface area contributed by atoms with Gasteiger partial charge < -0.3 is 14.6 Å². The molecule has 0 unspecified atom stereocenters. The number of rotatable bonds is 2. The van der Waals surface area contributed by atoms with Gasteiger partial charge in [0.15, 0.2) is 0 Å². The lowest BCUT2D eigenvalue weighted by molar-refractivity contribution is 0.262. The molecule has 1 N–H and O–H groups in total. The van der Waals surface area contributed by atoms with Crippen LogP contribution in [0.1, 0.15) is 5.56 Å². The Bertz CT molecular complexity index is 454. The van der Waals surface area contributed by atoms with E-state index in [2.05, 4.69) is 20.9 Å². The van der Waals surface area contributed by atoms with Crippen molar-refractivity contribution in [3.05, 3.63) is 48.5 Å². The summed E-state index contributed by atoms with van der Waals surface area (Å²) in [4.78, 5) is 4.04. The number of imidazole rings is 1. The maximum absolute atomic E-state index is 5.81. The first-order valence-electron chi connectivity index (χ1n) is 5.81. The van der Waals surface area contributed by atoms with Gasteiger partial charge in [0.25, 0.3) is 0 Å². The van der Waals surface area contributed by atoms with Crippen molar-refractivity contribution in [3.63, 3.8) is 0 Å². The van der Waals surface area contributed by atoms with Gasteiger partial charge in [0, 0.05) is 31.0 Å². The van der Waals surface area contributed by atoms with Crippen molar-refractivity contribution in [1.29, 1.82) is 0 Å². The van der Waals surface area contributed by atoms with Crippen LogP contribution in [0.4, 0.5) is 0 Å². The van der Waals surface area contributed by atoms with E-state index in [4.69, 9.17) is 4.74 Å². The van der Waals surface area contributed by atoms with Gasteiger partial charge in [0.05, 0.1) is 12.4 Å². The number of nitrogens with one attached hydrogen (secondary N) is 1. The van der Waals surface area contributed by atoms with Crippen LogP contribution in [-0.4, -0.2) is 22.2 Å². The Hall–Kier alpha value is -1.81. The van der Waals surface area contributed by atoms with E-state index in [1.165, 1.54) is 5.56 Å². The molecule has 3 rings (SSSR count). The molecule has 1 aromatic heterocycles. The average Bonchev–Trinajstić information content (AvgIpc) is 2.78. The summed E-state index contributed by atoms with van der Waals surface area (Å²) < 4.78 is 7.88. The lowest BCUT2D eigenvalue weighted by Gasteiger charge is -2.15. The van der Waals surface area contributed by atoms with E-state index in [0.29, 0.717) is 12.6 Å². The number of hydrogen-bond acceptors (Lipinski definition) is 3. The highest BCUT2D eigenvalue weighted by Gasteiger charge is 2.16. The molecule has 0 radical (unpaired) electrons. The van der Waals surface area contributed by atoms with Gasteiger partial charge in [0.2, 0.25) is 0 Å². The summed E-state index contributed by atoms with van der Waals surface area (Å²) >= 11 is 0. The van der Waals surface area contributed by atoms with Gasteiger partial charge in [-0.05, 0) is 6.07 Å². The van der Waals surface area contributed by atoms with Gasteiger partial charge in [0.1, 0.15) is 12.4 Å². The molecule has 2 aromatic rings. The van der Waals surface area contributed by atoms with Gasteiger partial charge in [-0.25, -0.2) is 4.98 Å². The molecule has 0 saturated carbocycles. The summed E-state index contributed by atoms with van der Waals surface area (Å²) in [5, 5.41) is 3.50. The minimum absolute atomic E-state index is 0.316. The smallest absolute Gasteiger partial charge is 0.123 e. The Balaban J connectivity index is 1.69. The van der Waals surface area contributed by atoms with Gasteiger partial charge in [-0.2, -0.15) is 0 Å². The molecule has 1 atom stereocenters. The SMILES string of the molecule is c1ccc2c(c1)CN[C@H](Cn1ccnc1)CO2. The number of para-hydroxylation sites is 1. The van der Waals surface area contributed by atoms with Crippen molar-refractivity contribution in [1.82, 2.24) is 14.9 Å². The van der Waals surface area contributed by atoms with E-state index in [1.54, 1.807) is 6.20 Å². The van der Waals surface area contributed by atoms with E-state index in [1.807, 2.05) is 30.7 Å². The zero-order valence-electron chi connectivity index (χ0n) is 9.54. The number of aromatic nitrogens is 2. The molecule has 0 spiro atoms. The van der Waals surface area contributed by atoms with Crippen LogP contribution in [-0.2, 0) is 13.1 Å². The van der Waals surface area contributed by atoms with Crippen LogP contribution >= 0.6 is 0 Å². The third-order valence-electron chi connectivity index (χ3n) is 2.98. The Kier molecular flexibility index (Phi) is 2.80. The van der Waals surface area contributed by atoms with Gasteiger partial charge in [-0.3, -0.25) is 0 Å². The minimum atomic E-state index is 0.316. The summed E-state index contributed by atoms with van der Waals surface area (Å²) in [5.74, 6) is 0.994. The molecule has 17 heavy (non-hydrogen) atoms. The quantitative estimate of drug-likeness (QED) is 0.846. The van der Waals surface area contributed by atoms with Crippen molar-refractivity contribution < 1.29 is 4.74 Å². The van der Waals surface area contributed by atoms with Gasteiger partial charge in [-0.1, -0.05) is 18.2 Å². The Morgan fingerprint density at radius 3 is 3.24 bits per heavy atom. The first kappa shape index (κ1) is 10.4. The second kappa shape index (κ2) is 4.59. The second-order valence-electron chi connectivity index (χ2n) is 4.26. The molecule has 2 heterocycles. The first-order valence-corrected chi connectivity index (χ1v) is 5.81. The minimum Gasteiger partial charge on any atom is -0.492 e. The summed E-state index contributed by atoms with van der Waals surface area (Å²) in [6.07, 6.45) is 5.60. The summed E-state index contributed by atoms with van der Waals surface area (Å²) in [7, 11) is 0. The molecule has 0 aliphatic carbocycles. The maximum atomic E-state index is 5.81. The molecule has 4 nitrogen and oxygen atoms in total. The molecule has 1 aromatic carbocycles. The van der Waals surface area contributed by atoms with Crippen molar-refractivity contribution in [2.75, 3.05) is 6.61 Å². The van der Waals surface area contributed by atoms with E-state index < -0.39 is 0 Å². The summed E-state index contributed by atoms with van der Waals surface area (Å²) in [6.45, 7) is 2.43. The predicted molar refractivity (Wildman–Crippen MR) is 64.8 cm³/mol. The van der Waals surface area contributed by atoms with Crippen LogP contribution in [0.2, 0.25) is 0 Å². The predicted octanol–water partition coefficient (Wildman–Crippen LogP) is 1.43. The van der Waals surface area contributed by atoms with Crippen LogP contribution in [0, 0.1) is 0 Å². The van der Waals surface area contributed by atoms with Crippen LogP contribution < -0.4 is 10.1 Å². The Morgan fingerprint density at radius 1 is 1.41 bits per heavy atom. The molecule has 1 aliphatic rings. The highest BCUT2D eigenvalue weighted by atomic mass is 16.5.